The Morgan fingerprint density at radius 1 is 1.37 bits per heavy atom. The first kappa shape index (κ1) is 13.7. The molecule has 104 valence electrons. The third-order valence-electron chi connectivity index (χ3n) is 3.49. The van der Waals surface area contributed by atoms with Crippen LogP contribution in [0.4, 0.5) is 11.9 Å². The van der Waals surface area contributed by atoms with Crippen LogP contribution in [-0.4, -0.2) is 33.9 Å². The number of hydrogen-bond donors (Lipinski definition) is 1. The molecule has 1 amide bonds. The van der Waals surface area contributed by atoms with Gasteiger partial charge in [-0.2, -0.15) is 4.98 Å². The highest BCUT2D eigenvalue weighted by Crippen LogP contribution is 2.16. The van der Waals surface area contributed by atoms with Crippen molar-refractivity contribution in [2.45, 2.75) is 39.5 Å². The number of piperidine rings is 1. The van der Waals surface area contributed by atoms with Crippen LogP contribution in [0.1, 0.15) is 39.5 Å². The summed E-state index contributed by atoms with van der Waals surface area (Å²) in [5.74, 6) is 0.934. The smallest absolute Gasteiger partial charge is 0.234 e. The van der Waals surface area contributed by atoms with Crippen LogP contribution in [0.15, 0.2) is 6.33 Å². The Hall–Kier alpha value is -1.72. The quantitative estimate of drug-likeness (QED) is 0.897. The maximum atomic E-state index is 11.8. The summed E-state index contributed by atoms with van der Waals surface area (Å²) in [6.07, 6.45) is 5.86. The standard InChI is InChI=1S/C13H21N5O/c1-3-10(2)11(19)16-12-14-9-15-13(17-12)18-7-5-4-6-8-18/h9-10H,3-8H2,1-2H3,(H,14,15,16,17,19)/t10-/m0/s1. The van der Waals surface area contributed by atoms with Gasteiger partial charge in [-0.3, -0.25) is 10.1 Å². The molecule has 0 aromatic carbocycles. The van der Waals surface area contributed by atoms with Crippen LogP contribution < -0.4 is 10.2 Å². The average Bonchev–Trinajstić information content (AvgIpc) is 2.47. The molecule has 0 unspecified atom stereocenters. The summed E-state index contributed by atoms with van der Waals surface area (Å²) in [7, 11) is 0. The lowest BCUT2D eigenvalue weighted by atomic mass is 10.1. The fraction of sp³-hybridized carbons (Fsp3) is 0.692. The van der Waals surface area contributed by atoms with E-state index in [1.54, 1.807) is 0 Å². The predicted molar refractivity (Wildman–Crippen MR) is 74.0 cm³/mol. The Balaban J connectivity index is 2.04. The van der Waals surface area contributed by atoms with Gasteiger partial charge in [-0.25, -0.2) is 9.97 Å². The second kappa shape index (κ2) is 6.45. The van der Waals surface area contributed by atoms with Crippen molar-refractivity contribution in [1.82, 2.24) is 15.0 Å². The van der Waals surface area contributed by atoms with Crippen LogP contribution in [0.2, 0.25) is 0 Å². The topological polar surface area (TPSA) is 71.0 Å². The van der Waals surface area contributed by atoms with E-state index in [0.29, 0.717) is 11.9 Å². The number of amides is 1. The molecule has 2 rings (SSSR count). The summed E-state index contributed by atoms with van der Waals surface area (Å²) in [6, 6.07) is 0. The third-order valence-corrected chi connectivity index (χ3v) is 3.49. The Labute approximate surface area is 113 Å². The first-order valence-corrected chi connectivity index (χ1v) is 6.95. The Morgan fingerprint density at radius 2 is 2.11 bits per heavy atom. The largest absolute Gasteiger partial charge is 0.341 e. The molecule has 1 saturated heterocycles. The molecule has 0 aliphatic carbocycles. The van der Waals surface area contributed by atoms with Gasteiger partial charge in [-0.15, -0.1) is 0 Å². The predicted octanol–water partition coefficient (Wildman–Crippen LogP) is 1.85. The van der Waals surface area contributed by atoms with Gasteiger partial charge in [0.25, 0.3) is 0 Å². The lowest BCUT2D eigenvalue weighted by molar-refractivity contribution is -0.119. The molecule has 1 atom stereocenters. The lowest BCUT2D eigenvalue weighted by Gasteiger charge is -2.26. The van der Waals surface area contributed by atoms with Crippen molar-refractivity contribution in [3.05, 3.63) is 6.33 Å². The molecule has 6 nitrogen and oxygen atoms in total. The number of carbonyl (C=O) groups excluding carboxylic acids is 1. The van der Waals surface area contributed by atoms with Gasteiger partial charge in [0.1, 0.15) is 6.33 Å². The van der Waals surface area contributed by atoms with Gasteiger partial charge in [-0.05, 0) is 25.7 Å². The average molecular weight is 263 g/mol. The highest BCUT2D eigenvalue weighted by atomic mass is 16.2. The summed E-state index contributed by atoms with van der Waals surface area (Å²) in [5.41, 5.74) is 0. The van der Waals surface area contributed by atoms with Crippen molar-refractivity contribution in [2.75, 3.05) is 23.3 Å². The lowest BCUT2D eigenvalue weighted by Crippen LogP contribution is -2.31. The normalized spacial score (nSPS) is 17.1. The third kappa shape index (κ3) is 3.62. The van der Waals surface area contributed by atoms with Crippen molar-refractivity contribution >= 4 is 17.8 Å². The maximum Gasteiger partial charge on any atom is 0.234 e. The molecule has 1 aliphatic rings. The molecule has 1 aromatic heterocycles. The van der Waals surface area contributed by atoms with E-state index in [2.05, 4.69) is 25.2 Å². The Kier molecular flexibility index (Phi) is 4.65. The molecule has 19 heavy (non-hydrogen) atoms. The molecule has 1 fully saturated rings. The number of nitrogens with one attached hydrogen (secondary N) is 1. The number of carbonyl (C=O) groups is 1. The first-order chi connectivity index (χ1) is 9.20. The monoisotopic (exact) mass is 263 g/mol. The molecule has 2 heterocycles. The van der Waals surface area contributed by atoms with E-state index < -0.39 is 0 Å². The summed E-state index contributed by atoms with van der Waals surface area (Å²) in [6.45, 7) is 5.82. The van der Waals surface area contributed by atoms with Gasteiger partial charge in [-0.1, -0.05) is 13.8 Å². The zero-order chi connectivity index (χ0) is 13.7. The molecule has 0 saturated carbocycles. The van der Waals surface area contributed by atoms with Crippen LogP contribution in [0, 0.1) is 5.92 Å². The van der Waals surface area contributed by atoms with Crippen LogP contribution in [0.25, 0.3) is 0 Å². The van der Waals surface area contributed by atoms with Crippen molar-refractivity contribution in [2.24, 2.45) is 5.92 Å². The number of aromatic nitrogens is 3. The van der Waals surface area contributed by atoms with Crippen LogP contribution >= 0.6 is 0 Å². The van der Waals surface area contributed by atoms with Gasteiger partial charge in [0, 0.05) is 19.0 Å². The van der Waals surface area contributed by atoms with Crippen LogP contribution in [0.3, 0.4) is 0 Å². The van der Waals surface area contributed by atoms with Gasteiger partial charge < -0.3 is 4.90 Å². The summed E-state index contributed by atoms with van der Waals surface area (Å²) in [4.78, 5) is 26.5. The van der Waals surface area contributed by atoms with Crippen LogP contribution in [0.5, 0.6) is 0 Å². The van der Waals surface area contributed by atoms with E-state index in [1.807, 2.05) is 13.8 Å². The van der Waals surface area contributed by atoms with Crippen molar-refractivity contribution in [1.29, 1.82) is 0 Å². The fourth-order valence-electron chi connectivity index (χ4n) is 2.01. The minimum atomic E-state index is -0.0432. The maximum absolute atomic E-state index is 11.8. The number of nitrogens with zero attached hydrogens (tertiary/aromatic N) is 4. The molecular formula is C13H21N5O. The first-order valence-electron chi connectivity index (χ1n) is 6.95. The minimum absolute atomic E-state index is 0.0322. The second-order valence-corrected chi connectivity index (χ2v) is 4.96. The molecule has 1 N–H and O–H groups in total. The van der Waals surface area contributed by atoms with E-state index in [-0.39, 0.29) is 11.8 Å². The molecular weight excluding hydrogens is 242 g/mol. The van der Waals surface area contributed by atoms with E-state index >= 15 is 0 Å². The van der Waals surface area contributed by atoms with E-state index in [1.165, 1.54) is 25.6 Å². The number of anilines is 2. The van der Waals surface area contributed by atoms with Gasteiger partial charge in [0.15, 0.2) is 0 Å². The SMILES string of the molecule is CC[C@H](C)C(=O)Nc1ncnc(N2CCCCC2)n1. The van der Waals surface area contributed by atoms with Gasteiger partial charge in [0.05, 0.1) is 0 Å². The van der Waals surface area contributed by atoms with Crippen molar-refractivity contribution in [3.63, 3.8) is 0 Å². The van der Waals surface area contributed by atoms with Gasteiger partial charge in [0.2, 0.25) is 17.8 Å². The van der Waals surface area contributed by atoms with Gasteiger partial charge >= 0.3 is 0 Å². The molecule has 6 heteroatoms. The highest BCUT2D eigenvalue weighted by Gasteiger charge is 2.16. The van der Waals surface area contributed by atoms with E-state index in [4.69, 9.17) is 0 Å². The molecule has 0 bridgehead atoms. The summed E-state index contributed by atoms with van der Waals surface area (Å²) in [5, 5.41) is 2.74. The van der Waals surface area contributed by atoms with Crippen molar-refractivity contribution in [3.8, 4) is 0 Å². The Bertz CT molecular complexity index is 431. The highest BCUT2D eigenvalue weighted by molar-refractivity contribution is 5.90. The molecule has 1 aromatic rings. The second-order valence-electron chi connectivity index (χ2n) is 4.96. The summed E-state index contributed by atoms with van der Waals surface area (Å²) >= 11 is 0. The number of hydrogen-bond acceptors (Lipinski definition) is 5. The summed E-state index contributed by atoms with van der Waals surface area (Å²) < 4.78 is 0. The molecule has 0 radical (unpaired) electrons. The molecule has 0 spiro atoms. The minimum Gasteiger partial charge on any atom is -0.341 e. The van der Waals surface area contributed by atoms with E-state index in [0.717, 1.165) is 19.5 Å². The fourth-order valence-corrected chi connectivity index (χ4v) is 2.01. The molecule has 1 aliphatic heterocycles. The zero-order valence-electron chi connectivity index (χ0n) is 11.6. The zero-order valence-corrected chi connectivity index (χ0v) is 11.6. The van der Waals surface area contributed by atoms with Crippen molar-refractivity contribution < 1.29 is 4.79 Å². The van der Waals surface area contributed by atoms with E-state index in [9.17, 15) is 4.79 Å². The Morgan fingerprint density at radius 3 is 2.79 bits per heavy atom. The number of rotatable bonds is 4. The van der Waals surface area contributed by atoms with Crippen LogP contribution in [-0.2, 0) is 4.79 Å².